The van der Waals surface area contributed by atoms with Crippen LogP contribution in [0, 0.1) is 0 Å². The Morgan fingerprint density at radius 1 is 0.917 bits per heavy atom. The van der Waals surface area contributed by atoms with E-state index < -0.39 is 5.97 Å². The molecule has 0 aliphatic carbocycles. The molecule has 1 heterocycles. The van der Waals surface area contributed by atoms with Crippen LogP contribution in [0.4, 0.5) is 0 Å². The lowest BCUT2D eigenvalue weighted by molar-refractivity contribution is 0.0742. The largest absolute Gasteiger partial charge is 0.422 e. The summed E-state index contributed by atoms with van der Waals surface area (Å²) in [5.74, 6) is 0.0843. The molecule has 5 heteroatoms. The standard InChI is InChI=1S/C19H10BrClO2S/c20-14-9-10-15(12-6-2-1-5-11(12)14)23-19(22)18-17(21)13-7-3-4-8-16(13)24-18/h1-10H. The molecule has 4 rings (SSSR count). The molecule has 0 fully saturated rings. The van der Waals surface area contributed by atoms with Gasteiger partial charge in [-0.15, -0.1) is 11.3 Å². The number of rotatable bonds is 2. The second kappa shape index (κ2) is 6.20. The Hall–Kier alpha value is -1.88. The van der Waals surface area contributed by atoms with Gasteiger partial charge in [0.1, 0.15) is 10.6 Å². The third-order valence-corrected chi connectivity index (χ3v) is 6.10. The molecule has 4 aromatic rings. The highest BCUT2D eigenvalue weighted by atomic mass is 79.9. The minimum atomic E-state index is -0.436. The van der Waals surface area contributed by atoms with Gasteiger partial charge >= 0.3 is 5.97 Å². The summed E-state index contributed by atoms with van der Waals surface area (Å²) in [6.07, 6.45) is 0. The maximum absolute atomic E-state index is 12.6. The monoisotopic (exact) mass is 416 g/mol. The van der Waals surface area contributed by atoms with Crippen LogP contribution in [0.3, 0.4) is 0 Å². The number of hydrogen-bond donors (Lipinski definition) is 0. The first kappa shape index (κ1) is 15.6. The van der Waals surface area contributed by atoms with Crippen molar-refractivity contribution in [1.82, 2.24) is 0 Å². The molecule has 3 aromatic carbocycles. The van der Waals surface area contributed by atoms with Crippen LogP contribution in [-0.4, -0.2) is 5.97 Å². The maximum atomic E-state index is 12.6. The second-order valence-electron chi connectivity index (χ2n) is 5.22. The van der Waals surface area contributed by atoms with E-state index in [0.717, 1.165) is 25.3 Å². The highest BCUT2D eigenvalue weighted by Crippen LogP contribution is 2.37. The van der Waals surface area contributed by atoms with E-state index in [4.69, 9.17) is 16.3 Å². The zero-order valence-corrected chi connectivity index (χ0v) is 15.4. The summed E-state index contributed by atoms with van der Waals surface area (Å²) in [5.41, 5.74) is 0. The lowest BCUT2D eigenvalue weighted by Crippen LogP contribution is -2.07. The molecular weight excluding hydrogens is 408 g/mol. The van der Waals surface area contributed by atoms with E-state index >= 15 is 0 Å². The van der Waals surface area contributed by atoms with Crippen LogP contribution in [-0.2, 0) is 0 Å². The summed E-state index contributed by atoms with van der Waals surface area (Å²) in [5, 5.41) is 3.18. The Morgan fingerprint density at radius 3 is 2.33 bits per heavy atom. The fourth-order valence-corrected chi connectivity index (χ4v) is 4.48. The van der Waals surface area contributed by atoms with E-state index in [2.05, 4.69) is 15.9 Å². The van der Waals surface area contributed by atoms with Gasteiger partial charge in [0.25, 0.3) is 0 Å². The van der Waals surface area contributed by atoms with Crippen LogP contribution in [0.2, 0.25) is 5.02 Å². The van der Waals surface area contributed by atoms with E-state index in [0.29, 0.717) is 15.6 Å². The van der Waals surface area contributed by atoms with Gasteiger partial charge in [-0.05, 0) is 23.6 Å². The molecule has 0 unspecified atom stereocenters. The quantitative estimate of drug-likeness (QED) is 0.268. The Labute approximate surface area is 155 Å². The summed E-state index contributed by atoms with van der Waals surface area (Å²) < 4.78 is 7.57. The number of fused-ring (bicyclic) bond motifs is 2. The van der Waals surface area contributed by atoms with Crippen molar-refractivity contribution in [1.29, 1.82) is 0 Å². The maximum Gasteiger partial charge on any atom is 0.355 e. The first-order valence-corrected chi connectivity index (χ1v) is 9.20. The van der Waals surface area contributed by atoms with Crippen molar-refractivity contribution in [2.75, 3.05) is 0 Å². The first-order valence-electron chi connectivity index (χ1n) is 7.21. The van der Waals surface area contributed by atoms with Crippen LogP contribution >= 0.6 is 38.9 Å². The summed E-state index contributed by atoms with van der Waals surface area (Å²) in [6, 6.07) is 19.1. The Morgan fingerprint density at radius 2 is 1.58 bits per heavy atom. The average molecular weight is 418 g/mol. The Kier molecular flexibility index (Phi) is 4.04. The molecule has 24 heavy (non-hydrogen) atoms. The van der Waals surface area contributed by atoms with Crippen LogP contribution in [0.1, 0.15) is 9.67 Å². The average Bonchev–Trinajstić information content (AvgIpc) is 2.95. The number of halogens is 2. The number of ether oxygens (including phenoxy) is 1. The molecule has 0 bridgehead atoms. The summed E-state index contributed by atoms with van der Waals surface area (Å²) in [7, 11) is 0. The SMILES string of the molecule is O=C(Oc1ccc(Br)c2ccccc12)c1sc2ccccc2c1Cl. The van der Waals surface area contributed by atoms with Crippen molar-refractivity contribution < 1.29 is 9.53 Å². The molecule has 0 N–H and O–H groups in total. The van der Waals surface area contributed by atoms with Gasteiger partial charge in [-0.25, -0.2) is 4.79 Å². The molecule has 0 saturated heterocycles. The smallest absolute Gasteiger partial charge is 0.355 e. The number of esters is 1. The first-order chi connectivity index (χ1) is 11.6. The third-order valence-electron chi connectivity index (χ3n) is 3.75. The third kappa shape index (κ3) is 2.61. The van der Waals surface area contributed by atoms with Crippen LogP contribution in [0.15, 0.2) is 65.1 Å². The molecule has 0 radical (unpaired) electrons. The van der Waals surface area contributed by atoms with Gasteiger partial charge in [0.2, 0.25) is 0 Å². The number of benzene rings is 3. The lowest BCUT2D eigenvalue weighted by Gasteiger charge is -2.08. The van der Waals surface area contributed by atoms with Gasteiger partial charge in [-0.3, -0.25) is 0 Å². The molecular formula is C19H10BrClO2S. The van der Waals surface area contributed by atoms with Crippen molar-refractivity contribution in [3.8, 4) is 5.75 Å². The van der Waals surface area contributed by atoms with Gasteiger partial charge in [0, 0.05) is 19.9 Å². The van der Waals surface area contributed by atoms with Crippen molar-refractivity contribution >= 4 is 65.7 Å². The van der Waals surface area contributed by atoms with E-state index in [1.807, 2.05) is 54.6 Å². The predicted molar refractivity (Wildman–Crippen MR) is 103 cm³/mol. The van der Waals surface area contributed by atoms with Gasteiger partial charge in [-0.1, -0.05) is 70.0 Å². The van der Waals surface area contributed by atoms with Crippen molar-refractivity contribution in [3.63, 3.8) is 0 Å². The van der Waals surface area contributed by atoms with Gasteiger partial charge in [0.15, 0.2) is 0 Å². The molecule has 0 aliphatic heterocycles. The minimum absolute atomic E-state index is 0.421. The zero-order valence-electron chi connectivity index (χ0n) is 12.3. The molecule has 2 nitrogen and oxygen atoms in total. The second-order valence-corrected chi connectivity index (χ2v) is 7.51. The normalized spacial score (nSPS) is 11.1. The fraction of sp³-hybridized carbons (Fsp3) is 0. The van der Waals surface area contributed by atoms with Crippen LogP contribution in [0.25, 0.3) is 20.9 Å². The van der Waals surface area contributed by atoms with Crippen LogP contribution < -0.4 is 4.74 Å². The summed E-state index contributed by atoms with van der Waals surface area (Å²) in [6.45, 7) is 0. The summed E-state index contributed by atoms with van der Waals surface area (Å²) >= 11 is 11.2. The van der Waals surface area contributed by atoms with E-state index in [-0.39, 0.29) is 0 Å². The van der Waals surface area contributed by atoms with Crippen molar-refractivity contribution in [2.45, 2.75) is 0 Å². The van der Waals surface area contributed by atoms with E-state index in [9.17, 15) is 4.79 Å². The van der Waals surface area contributed by atoms with E-state index in [1.165, 1.54) is 11.3 Å². The Bertz CT molecular complexity index is 1090. The lowest BCUT2D eigenvalue weighted by atomic mass is 10.1. The van der Waals surface area contributed by atoms with Crippen LogP contribution in [0.5, 0.6) is 5.75 Å². The van der Waals surface area contributed by atoms with Gasteiger partial charge in [-0.2, -0.15) is 0 Å². The summed E-state index contributed by atoms with van der Waals surface area (Å²) in [4.78, 5) is 13.0. The molecule has 0 amide bonds. The molecule has 1 aromatic heterocycles. The number of thiophene rings is 1. The zero-order chi connectivity index (χ0) is 16.7. The van der Waals surface area contributed by atoms with Crippen molar-refractivity contribution in [2.24, 2.45) is 0 Å². The fourth-order valence-electron chi connectivity index (χ4n) is 2.62. The molecule has 0 saturated carbocycles. The minimum Gasteiger partial charge on any atom is -0.422 e. The highest BCUT2D eigenvalue weighted by molar-refractivity contribution is 9.10. The number of carbonyl (C=O) groups is 1. The highest BCUT2D eigenvalue weighted by Gasteiger charge is 2.19. The number of hydrogen-bond acceptors (Lipinski definition) is 3. The molecule has 0 spiro atoms. The predicted octanol–water partition coefficient (Wildman–Crippen LogP) is 6.69. The number of carbonyl (C=O) groups excluding carboxylic acids is 1. The molecule has 0 aliphatic rings. The topological polar surface area (TPSA) is 26.3 Å². The van der Waals surface area contributed by atoms with E-state index in [1.54, 1.807) is 6.07 Å². The van der Waals surface area contributed by atoms with Gasteiger partial charge < -0.3 is 4.74 Å². The van der Waals surface area contributed by atoms with Crippen molar-refractivity contribution in [3.05, 3.63) is 75.0 Å². The molecule has 118 valence electrons. The molecule has 0 atom stereocenters. The van der Waals surface area contributed by atoms with Gasteiger partial charge in [0.05, 0.1) is 5.02 Å². The Balaban J connectivity index is 1.76.